The maximum atomic E-state index is 13.3. The molecular weight excluding hydrogens is 492 g/mol. The topological polar surface area (TPSA) is 79.3 Å². The molecule has 3 aromatic carbocycles. The average Bonchev–Trinajstić information content (AvgIpc) is 3.21. The summed E-state index contributed by atoms with van der Waals surface area (Å²) in [7, 11) is 1.57. The van der Waals surface area contributed by atoms with Crippen LogP contribution in [0.2, 0.25) is 0 Å². The molecule has 0 spiro atoms. The molecule has 1 N–H and O–H groups in total. The van der Waals surface area contributed by atoms with Gasteiger partial charge in [0.15, 0.2) is 0 Å². The van der Waals surface area contributed by atoms with E-state index in [0.717, 1.165) is 24.2 Å². The summed E-state index contributed by atoms with van der Waals surface area (Å²) in [6.07, 6.45) is 0. The van der Waals surface area contributed by atoms with Gasteiger partial charge in [0.05, 0.1) is 18.7 Å². The molecule has 1 heterocycles. The van der Waals surface area contributed by atoms with Crippen LogP contribution in [0.5, 0.6) is 11.5 Å². The van der Waals surface area contributed by atoms with Crippen molar-refractivity contribution in [2.75, 3.05) is 33.3 Å². The van der Waals surface area contributed by atoms with Crippen LogP contribution in [0.3, 0.4) is 0 Å². The molecule has 1 saturated heterocycles. The van der Waals surface area contributed by atoms with Crippen LogP contribution in [-0.4, -0.2) is 59.9 Å². The van der Waals surface area contributed by atoms with E-state index in [9.17, 15) is 14.7 Å². The van der Waals surface area contributed by atoms with Gasteiger partial charge in [-0.2, -0.15) is 0 Å². The van der Waals surface area contributed by atoms with Crippen molar-refractivity contribution in [3.63, 3.8) is 0 Å². The number of likely N-dealkylation sites (N-methyl/N-ethyl adjacent to an activating group) is 1. The van der Waals surface area contributed by atoms with Gasteiger partial charge in [0.1, 0.15) is 23.9 Å². The van der Waals surface area contributed by atoms with Gasteiger partial charge in [-0.05, 0) is 67.5 Å². The Kier molecular flexibility index (Phi) is 9.04. The molecule has 0 bridgehead atoms. The van der Waals surface area contributed by atoms with Crippen molar-refractivity contribution >= 4 is 17.4 Å². The van der Waals surface area contributed by atoms with Crippen LogP contribution >= 0.6 is 0 Å². The van der Waals surface area contributed by atoms with Gasteiger partial charge < -0.3 is 24.4 Å². The van der Waals surface area contributed by atoms with Crippen molar-refractivity contribution in [1.29, 1.82) is 0 Å². The van der Waals surface area contributed by atoms with E-state index in [2.05, 4.69) is 24.8 Å². The molecule has 1 aliphatic heterocycles. The summed E-state index contributed by atoms with van der Waals surface area (Å²) in [6, 6.07) is 21.5. The zero-order valence-electron chi connectivity index (χ0n) is 23.0. The minimum atomic E-state index is -0.729. The van der Waals surface area contributed by atoms with Crippen LogP contribution in [0.4, 0.5) is 0 Å². The van der Waals surface area contributed by atoms with Crippen LogP contribution in [0.15, 0.2) is 78.4 Å². The molecule has 1 aliphatic rings. The van der Waals surface area contributed by atoms with E-state index < -0.39 is 17.7 Å². The molecule has 1 fully saturated rings. The molecule has 0 saturated carbocycles. The van der Waals surface area contributed by atoms with Gasteiger partial charge in [0.2, 0.25) is 0 Å². The molecule has 7 nitrogen and oxygen atoms in total. The van der Waals surface area contributed by atoms with E-state index >= 15 is 0 Å². The SMILES string of the molecule is CCN(CC)CCN1C(=O)C(=O)C(=C(O)c2ccc(OCc3cccc(C)c3)cc2)[C@@H]1c1cccc(OC)c1. The first kappa shape index (κ1) is 27.9. The van der Waals surface area contributed by atoms with Crippen LogP contribution < -0.4 is 9.47 Å². The number of ether oxygens (including phenoxy) is 2. The van der Waals surface area contributed by atoms with Crippen molar-refractivity contribution in [1.82, 2.24) is 9.80 Å². The fourth-order valence-corrected chi connectivity index (χ4v) is 4.89. The number of carbonyl (C=O) groups is 2. The Balaban J connectivity index is 1.65. The molecule has 204 valence electrons. The number of rotatable bonds is 11. The summed E-state index contributed by atoms with van der Waals surface area (Å²) in [6.45, 7) is 9.22. The first-order chi connectivity index (χ1) is 18.9. The van der Waals surface area contributed by atoms with Crippen LogP contribution in [0.25, 0.3) is 5.76 Å². The van der Waals surface area contributed by atoms with Gasteiger partial charge in [-0.25, -0.2) is 0 Å². The number of aliphatic hydroxyl groups excluding tert-OH is 1. The highest BCUT2D eigenvalue weighted by Crippen LogP contribution is 2.40. The first-order valence-electron chi connectivity index (χ1n) is 13.3. The highest BCUT2D eigenvalue weighted by atomic mass is 16.5. The minimum Gasteiger partial charge on any atom is -0.507 e. The van der Waals surface area contributed by atoms with Gasteiger partial charge >= 0.3 is 0 Å². The Bertz CT molecular complexity index is 1340. The monoisotopic (exact) mass is 528 g/mol. The van der Waals surface area contributed by atoms with E-state index in [4.69, 9.17) is 9.47 Å². The van der Waals surface area contributed by atoms with Crippen molar-refractivity contribution in [3.8, 4) is 11.5 Å². The maximum Gasteiger partial charge on any atom is 0.295 e. The predicted octanol–water partition coefficient (Wildman–Crippen LogP) is 5.35. The van der Waals surface area contributed by atoms with E-state index in [1.54, 1.807) is 48.4 Å². The van der Waals surface area contributed by atoms with Gasteiger partial charge in [0.25, 0.3) is 11.7 Å². The number of aryl methyl sites for hydroxylation is 1. The largest absolute Gasteiger partial charge is 0.507 e. The number of Topliss-reactive ketones (excluding diaryl/α,β-unsaturated/α-hetero) is 1. The standard InChI is InChI=1S/C32H36N2O5/c1-5-33(6-2)17-18-34-29(25-11-8-12-27(20-25)38-4)28(31(36)32(34)37)30(35)24-13-15-26(16-14-24)39-21-23-10-7-9-22(3)19-23/h7-16,19-20,29,35H,5-6,17-18,21H2,1-4H3/t29-/m0/s1. The quantitative estimate of drug-likeness (QED) is 0.205. The van der Waals surface area contributed by atoms with E-state index in [1.165, 1.54) is 0 Å². The number of hydrogen-bond acceptors (Lipinski definition) is 6. The van der Waals surface area contributed by atoms with Gasteiger partial charge in [-0.1, -0.05) is 55.8 Å². The second kappa shape index (κ2) is 12.6. The van der Waals surface area contributed by atoms with Crippen LogP contribution in [0, 0.1) is 6.92 Å². The number of aliphatic hydroxyl groups is 1. The smallest absolute Gasteiger partial charge is 0.295 e. The zero-order valence-corrected chi connectivity index (χ0v) is 23.0. The summed E-state index contributed by atoms with van der Waals surface area (Å²) in [5.41, 5.74) is 3.43. The summed E-state index contributed by atoms with van der Waals surface area (Å²) >= 11 is 0. The third kappa shape index (κ3) is 6.32. The molecule has 0 unspecified atom stereocenters. The Morgan fingerprint density at radius 1 is 0.949 bits per heavy atom. The number of carbonyl (C=O) groups excluding carboxylic acids is 2. The Labute approximate surface area is 230 Å². The lowest BCUT2D eigenvalue weighted by molar-refractivity contribution is -0.140. The van der Waals surface area contributed by atoms with Crippen LogP contribution in [0.1, 0.15) is 42.1 Å². The minimum absolute atomic E-state index is 0.0706. The van der Waals surface area contributed by atoms with Gasteiger partial charge in [0, 0.05) is 18.7 Å². The number of amides is 1. The summed E-state index contributed by atoms with van der Waals surface area (Å²) < 4.78 is 11.3. The fourth-order valence-electron chi connectivity index (χ4n) is 4.89. The van der Waals surface area contributed by atoms with Crippen molar-refractivity contribution in [2.45, 2.75) is 33.4 Å². The number of methoxy groups -OCH3 is 1. The summed E-state index contributed by atoms with van der Waals surface area (Å²) in [5.74, 6) is -0.278. The average molecular weight is 529 g/mol. The second-order valence-corrected chi connectivity index (χ2v) is 9.60. The molecule has 3 aromatic rings. The summed E-state index contributed by atoms with van der Waals surface area (Å²) in [4.78, 5) is 30.3. The van der Waals surface area contributed by atoms with Gasteiger partial charge in [-0.3, -0.25) is 9.59 Å². The third-order valence-electron chi connectivity index (χ3n) is 7.12. The van der Waals surface area contributed by atoms with E-state index in [-0.39, 0.29) is 11.3 Å². The van der Waals surface area contributed by atoms with Crippen molar-refractivity contribution in [2.24, 2.45) is 0 Å². The molecule has 0 radical (unpaired) electrons. The van der Waals surface area contributed by atoms with Crippen molar-refractivity contribution < 1.29 is 24.2 Å². The molecule has 0 aromatic heterocycles. The van der Waals surface area contributed by atoms with Crippen LogP contribution in [-0.2, 0) is 16.2 Å². The lowest BCUT2D eigenvalue weighted by Crippen LogP contribution is -2.38. The first-order valence-corrected chi connectivity index (χ1v) is 13.3. The fraction of sp³-hybridized carbons (Fsp3) is 0.312. The zero-order chi connectivity index (χ0) is 27.9. The van der Waals surface area contributed by atoms with E-state index in [1.807, 2.05) is 37.3 Å². The highest BCUT2D eigenvalue weighted by Gasteiger charge is 2.46. The van der Waals surface area contributed by atoms with Crippen molar-refractivity contribution in [3.05, 3.63) is 101 Å². The molecule has 4 rings (SSSR count). The highest BCUT2D eigenvalue weighted by molar-refractivity contribution is 6.46. The lowest BCUT2D eigenvalue weighted by Gasteiger charge is -2.28. The molecule has 39 heavy (non-hydrogen) atoms. The number of hydrogen-bond donors (Lipinski definition) is 1. The maximum absolute atomic E-state index is 13.3. The third-order valence-corrected chi connectivity index (χ3v) is 7.12. The molecule has 0 aliphatic carbocycles. The second-order valence-electron chi connectivity index (χ2n) is 9.60. The number of ketones is 1. The lowest BCUT2D eigenvalue weighted by atomic mass is 9.95. The summed E-state index contributed by atoms with van der Waals surface area (Å²) in [5, 5.41) is 11.4. The molecule has 1 atom stereocenters. The number of nitrogens with zero attached hydrogens (tertiary/aromatic N) is 2. The predicted molar refractivity (Wildman–Crippen MR) is 152 cm³/mol. The Morgan fingerprint density at radius 3 is 2.33 bits per heavy atom. The molecular formula is C32H36N2O5. The number of likely N-dealkylation sites (tertiary alicyclic amines) is 1. The number of benzene rings is 3. The molecule has 7 heteroatoms. The Morgan fingerprint density at radius 2 is 1.67 bits per heavy atom. The normalized spacial score (nSPS) is 16.6. The van der Waals surface area contributed by atoms with E-state index in [0.29, 0.717) is 42.3 Å². The van der Waals surface area contributed by atoms with Gasteiger partial charge in [-0.15, -0.1) is 0 Å². The Hall–Kier alpha value is -4.10. The molecule has 1 amide bonds.